The quantitative estimate of drug-likeness (QED) is 0.221. The van der Waals surface area contributed by atoms with E-state index in [9.17, 15) is 14.7 Å². The zero-order valence-corrected chi connectivity index (χ0v) is 31.2. The molecule has 2 aromatic carbocycles. The van der Waals surface area contributed by atoms with Gasteiger partial charge in [0.05, 0.1) is 38.8 Å². The number of ether oxygens (including phenoxy) is 3. The average Bonchev–Trinajstić information content (AvgIpc) is 3.61. The number of carboxylic acid groups (broad SMARTS) is 1. The average molecular weight is 658 g/mol. The Kier molecular flexibility index (Phi) is 12.3. The van der Waals surface area contributed by atoms with Crippen molar-refractivity contribution in [2.45, 2.75) is 78.8 Å². The normalized spacial score (nSPS) is 13.3. The number of carbonyl (C=O) groups excluding carboxylic acids is 1. The number of carbonyl (C=O) groups is 2. The molecule has 1 aliphatic carbocycles. The molecule has 2 heterocycles. The van der Waals surface area contributed by atoms with E-state index in [4.69, 9.17) is 24.3 Å². The molecule has 46 heavy (non-hydrogen) atoms. The van der Waals surface area contributed by atoms with E-state index in [2.05, 4.69) is 5.32 Å². The minimum absolute atomic E-state index is 0. The monoisotopic (exact) mass is 657 g/mol. The Balaban J connectivity index is 0.00000300. The van der Waals surface area contributed by atoms with Crippen molar-refractivity contribution < 1.29 is 81.7 Å². The first kappa shape index (κ1) is 35.9. The molecule has 2 N–H and O–H groups in total. The second-order valence-electron chi connectivity index (χ2n) is 11.8. The molecule has 1 fully saturated rings. The fraction of sp³-hybridized carbons (Fsp3) is 0.471. The summed E-state index contributed by atoms with van der Waals surface area (Å²) < 4.78 is 20.5. The van der Waals surface area contributed by atoms with Crippen LogP contribution in [-0.4, -0.2) is 57.6 Å². The number of aryl methyl sites for hydroxylation is 4. The number of anilines is 1. The van der Waals surface area contributed by atoms with Gasteiger partial charge >= 0.3 is 57.4 Å². The van der Waals surface area contributed by atoms with Crippen LogP contribution in [-0.2, 0) is 17.9 Å². The predicted octanol–water partition coefficient (Wildman–Crippen LogP) is 3.66. The summed E-state index contributed by atoms with van der Waals surface area (Å²) in [6.07, 6.45) is 7.02. The number of aliphatic carboxylic acids is 1. The summed E-state index contributed by atoms with van der Waals surface area (Å²) in [7, 11) is 4.84. The summed E-state index contributed by atoms with van der Waals surface area (Å²) in [5.41, 5.74) is 4.60. The summed E-state index contributed by atoms with van der Waals surface area (Å²) in [5, 5.41) is 18.0. The van der Waals surface area contributed by atoms with Crippen LogP contribution in [0.4, 0.5) is 5.95 Å². The third-order valence-corrected chi connectivity index (χ3v) is 9.07. The summed E-state index contributed by atoms with van der Waals surface area (Å²) in [6, 6.07) is 7.45. The van der Waals surface area contributed by atoms with Gasteiger partial charge in [-0.3, -0.25) is 14.9 Å². The van der Waals surface area contributed by atoms with E-state index < -0.39 is 11.9 Å². The molecule has 0 radical (unpaired) electrons. The largest absolute Gasteiger partial charge is 1.00 e. The molecule has 1 amide bonds. The van der Waals surface area contributed by atoms with Gasteiger partial charge in [-0.05, 0) is 68.0 Å². The molecule has 11 nitrogen and oxygen atoms in total. The van der Waals surface area contributed by atoms with Crippen LogP contribution in [0.2, 0.25) is 0 Å². The molecule has 0 aliphatic heterocycles. The Hall–Kier alpha value is -2.90. The van der Waals surface area contributed by atoms with E-state index in [1.807, 2.05) is 43.7 Å². The van der Waals surface area contributed by atoms with Gasteiger partial charge in [0.15, 0.2) is 5.82 Å². The number of amides is 1. The van der Waals surface area contributed by atoms with Gasteiger partial charge in [0.2, 0.25) is 5.95 Å². The molecular formula is C34H44KN5O6. The molecule has 0 spiro atoms. The van der Waals surface area contributed by atoms with Gasteiger partial charge in [-0.25, -0.2) is 4.68 Å². The molecule has 1 aliphatic rings. The summed E-state index contributed by atoms with van der Waals surface area (Å²) >= 11 is 0. The van der Waals surface area contributed by atoms with Crippen molar-refractivity contribution in [3.8, 4) is 28.6 Å². The van der Waals surface area contributed by atoms with Gasteiger partial charge in [-0.2, -0.15) is 4.98 Å². The summed E-state index contributed by atoms with van der Waals surface area (Å²) in [4.78, 5) is 30.2. The van der Waals surface area contributed by atoms with Crippen molar-refractivity contribution in [2.75, 3.05) is 26.6 Å². The first-order chi connectivity index (χ1) is 21.6. The van der Waals surface area contributed by atoms with E-state index in [1.165, 1.54) is 32.1 Å². The van der Waals surface area contributed by atoms with Crippen molar-refractivity contribution >= 4 is 28.7 Å². The van der Waals surface area contributed by atoms with Gasteiger partial charge in [0, 0.05) is 24.5 Å². The van der Waals surface area contributed by atoms with Crippen molar-refractivity contribution in [3.63, 3.8) is 0 Å². The fourth-order valence-corrected chi connectivity index (χ4v) is 6.41. The first-order valence-corrected chi connectivity index (χ1v) is 15.5. The van der Waals surface area contributed by atoms with Crippen molar-refractivity contribution in [2.24, 2.45) is 5.92 Å². The third-order valence-electron chi connectivity index (χ3n) is 9.07. The van der Waals surface area contributed by atoms with E-state index in [0.717, 1.165) is 34.0 Å². The maximum absolute atomic E-state index is 13.9. The Labute approximate surface area is 313 Å². The smallest absolute Gasteiger partial charge is 1.00 e. The van der Waals surface area contributed by atoms with E-state index >= 15 is 0 Å². The Morgan fingerprint density at radius 1 is 0.935 bits per heavy atom. The molecule has 242 valence electrons. The predicted molar refractivity (Wildman–Crippen MR) is 174 cm³/mol. The SMILES string of the molecule is COc1cc(-c2nc(NC(=O)c3cc4c(C)c(C)c(OC)cc4n3CCC(=O)O)nn2CCC2CCCCC2)c(OC)cc1C.[H-].[K+]. The fourth-order valence-electron chi connectivity index (χ4n) is 6.41. The molecule has 5 rings (SSSR count). The second kappa shape index (κ2) is 15.8. The summed E-state index contributed by atoms with van der Waals surface area (Å²) in [5.74, 6) is 1.96. The minimum atomic E-state index is -0.954. The number of rotatable bonds is 12. The maximum Gasteiger partial charge on any atom is 1.00 e. The van der Waals surface area contributed by atoms with Crippen LogP contribution in [0, 0.1) is 26.7 Å². The van der Waals surface area contributed by atoms with E-state index in [1.54, 1.807) is 32.0 Å². The Morgan fingerprint density at radius 3 is 2.28 bits per heavy atom. The molecular weight excluding hydrogens is 614 g/mol. The van der Waals surface area contributed by atoms with Crippen LogP contribution in [0.3, 0.4) is 0 Å². The zero-order chi connectivity index (χ0) is 32.2. The number of hydrogen-bond donors (Lipinski definition) is 2. The van der Waals surface area contributed by atoms with Crippen molar-refractivity contribution in [3.05, 3.63) is 46.6 Å². The van der Waals surface area contributed by atoms with Crippen LogP contribution in [0.5, 0.6) is 17.2 Å². The topological polar surface area (TPSA) is 130 Å². The van der Waals surface area contributed by atoms with Gasteiger partial charge in [-0.1, -0.05) is 32.1 Å². The number of nitrogens with one attached hydrogen (secondary N) is 1. The van der Waals surface area contributed by atoms with Crippen molar-refractivity contribution in [1.82, 2.24) is 19.3 Å². The number of hydrogen-bond acceptors (Lipinski definition) is 7. The maximum atomic E-state index is 13.9. The van der Waals surface area contributed by atoms with Crippen LogP contribution in [0.25, 0.3) is 22.3 Å². The Morgan fingerprint density at radius 2 is 1.63 bits per heavy atom. The van der Waals surface area contributed by atoms with Crippen LogP contribution in [0.15, 0.2) is 24.3 Å². The molecule has 0 unspecified atom stereocenters. The van der Waals surface area contributed by atoms with Crippen LogP contribution < -0.4 is 70.9 Å². The number of benzene rings is 2. The molecule has 0 saturated heterocycles. The zero-order valence-electron chi connectivity index (χ0n) is 29.0. The Bertz CT molecular complexity index is 1730. The number of aromatic nitrogens is 4. The number of nitrogens with zero attached hydrogens (tertiary/aromatic N) is 4. The van der Waals surface area contributed by atoms with Crippen LogP contribution in [0.1, 0.15) is 73.6 Å². The second-order valence-corrected chi connectivity index (χ2v) is 11.8. The van der Waals surface area contributed by atoms with E-state index in [0.29, 0.717) is 46.8 Å². The third kappa shape index (κ3) is 7.62. The number of fused-ring (bicyclic) bond motifs is 1. The van der Waals surface area contributed by atoms with Gasteiger partial charge < -0.3 is 25.3 Å². The van der Waals surface area contributed by atoms with Gasteiger partial charge in [-0.15, -0.1) is 5.10 Å². The standard InChI is InChI=1S/C34H43N5O6.K.H/c1-20-16-30(45-6)25(18-28(20)43-4)32-35-34(37-39(32)15-12-23-10-8-7-9-11-23)36-33(42)27-17-24-21(2)22(3)29(44-5)19-26(24)38(27)14-13-31(40)41;;/h16-19,23H,7-15H2,1-6H3,(H,40,41)(H,36,37,42);;/q;+1;-1. The molecule has 1 saturated carbocycles. The molecule has 12 heteroatoms. The molecule has 0 bridgehead atoms. The van der Waals surface area contributed by atoms with Crippen molar-refractivity contribution in [1.29, 1.82) is 0 Å². The summed E-state index contributed by atoms with van der Waals surface area (Å²) in [6.45, 7) is 6.63. The number of methoxy groups -OCH3 is 3. The van der Waals surface area contributed by atoms with Gasteiger partial charge in [0.25, 0.3) is 5.91 Å². The van der Waals surface area contributed by atoms with Crippen LogP contribution >= 0.6 is 0 Å². The molecule has 2 aromatic heterocycles. The minimum Gasteiger partial charge on any atom is -1.00 e. The van der Waals surface area contributed by atoms with Gasteiger partial charge in [0.1, 0.15) is 22.9 Å². The number of carboxylic acids is 1. The molecule has 4 aromatic rings. The van der Waals surface area contributed by atoms with E-state index in [-0.39, 0.29) is 71.7 Å². The first-order valence-electron chi connectivity index (χ1n) is 15.5. The molecule has 0 atom stereocenters.